The van der Waals surface area contributed by atoms with Gasteiger partial charge in [-0.2, -0.15) is 0 Å². The number of hydrogen-bond donors (Lipinski definition) is 2. The van der Waals surface area contributed by atoms with Crippen molar-refractivity contribution in [3.63, 3.8) is 0 Å². The van der Waals surface area contributed by atoms with Crippen molar-refractivity contribution in [1.29, 1.82) is 0 Å². The van der Waals surface area contributed by atoms with Crippen LogP contribution in [0.3, 0.4) is 0 Å². The van der Waals surface area contributed by atoms with Crippen LogP contribution in [-0.4, -0.2) is 20.4 Å². The molecule has 3 atom stereocenters. The Hall–Kier alpha value is -2.60. The Balaban J connectivity index is 1.60. The molecule has 0 radical (unpaired) electrons. The summed E-state index contributed by atoms with van der Waals surface area (Å²) in [5.41, 5.74) is 1.74. The highest BCUT2D eigenvalue weighted by Crippen LogP contribution is 2.29. The van der Waals surface area contributed by atoms with E-state index in [1.165, 1.54) is 12.5 Å². The molecule has 0 heterocycles. The minimum absolute atomic E-state index is 0.116. The summed E-state index contributed by atoms with van der Waals surface area (Å²) < 4.78 is 27.0. The van der Waals surface area contributed by atoms with Gasteiger partial charge in [-0.05, 0) is 54.2 Å². The third kappa shape index (κ3) is 5.94. The highest BCUT2D eigenvalue weighted by Gasteiger charge is 2.28. The molecule has 1 aliphatic carbocycles. The van der Waals surface area contributed by atoms with Crippen molar-refractivity contribution in [3.05, 3.63) is 71.1 Å². The molecule has 5 nitrogen and oxygen atoms in total. The maximum Gasteiger partial charge on any atom is 0.255 e. The van der Waals surface area contributed by atoms with Crippen LogP contribution < -0.4 is 10.0 Å². The zero-order valence-corrected chi connectivity index (χ0v) is 17.7. The van der Waals surface area contributed by atoms with E-state index in [0.717, 1.165) is 23.8 Å². The number of hydrogen-bond acceptors (Lipinski definition) is 3. The molecular weight excluding hydrogens is 384 g/mol. The minimum atomic E-state index is -3.63. The molecule has 154 valence electrons. The number of benzene rings is 2. The largest absolute Gasteiger partial charge is 0.349 e. The number of anilines is 1. The van der Waals surface area contributed by atoms with Crippen molar-refractivity contribution in [1.82, 2.24) is 5.32 Å². The summed E-state index contributed by atoms with van der Waals surface area (Å²) in [5.74, 6) is 0.944. The van der Waals surface area contributed by atoms with Gasteiger partial charge < -0.3 is 5.32 Å². The molecule has 1 amide bonds. The van der Waals surface area contributed by atoms with E-state index in [1.807, 2.05) is 30.3 Å². The fourth-order valence-corrected chi connectivity index (χ4v) is 4.53. The average Bonchev–Trinajstić information content (AvgIpc) is 2.71. The second kappa shape index (κ2) is 9.27. The lowest BCUT2D eigenvalue weighted by Gasteiger charge is -2.34. The maximum absolute atomic E-state index is 12.6. The second-order valence-electron chi connectivity index (χ2n) is 7.79. The lowest BCUT2D eigenvalue weighted by Crippen LogP contribution is -2.43. The van der Waals surface area contributed by atoms with E-state index in [4.69, 9.17) is 0 Å². The predicted octanol–water partition coefficient (Wildman–Crippen LogP) is 4.65. The Morgan fingerprint density at radius 1 is 1.00 bits per heavy atom. The van der Waals surface area contributed by atoms with Gasteiger partial charge in [0.05, 0.1) is 5.41 Å². The summed E-state index contributed by atoms with van der Waals surface area (Å²) in [5, 5.41) is 4.27. The SMILES string of the molecule is C[C@@H]1[C@H](C)CCC[C@H]1NC(=O)c1ccc(NS(=O)(=O)/C=C/c2ccccc2)cc1. The molecule has 0 bridgehead atoms. The molecule has 1 aliphatic rings. The van der Waals surface area contributed by atoms with Crippen LogP contribution in [0.1, 0.15) is 49.0 Å². The molecule has 6 heteroatoms. The molecule has 1 saturated carbocycles. The summed E-state index contributed by atoms with van der Waals surface area (Å²) in [4.78, 5) is 12.6. The van der Waals surface area contributed by atoms with Gasteiger partial charge in [0.2, 0.25) is 0 Å². The third-order valence-electron chi connectivity index (χ3n) is 5.67. The highest BCUT2D eigenvalue weighted by molar-refractivity contribution is 7.95. The standard InChI is InChI=1S/C23H28N2O3S/c1-17-7-6-10-22(18(17)2)24-23(26)20-11-13-21(14-12-20)25-29(27,28)16-15-19-8-4-3-5-9-19/h3-5,8-9,11-18,22,25H,6-7,10H2,1-2H3,(H,24,26)/b16-15+/t17-,18-,22-/m1/s1. The van der Waals surface area contributed by atoms with Gasteiger partial charge in [0.25, 0.3) is 15.9 Å². The van der Waals surface area contributed by atoms with Crippen LogP contribution in [0, 0.1) is 11.8 Å². The Kier molecular flexibility index (Phi) is 6.75. The van der Waals surface area contributed by atoms with Crippen molar-refractivity contribution >= 4 is 27.7 Å². The quantitative estimate of drug-likeness (QED) is 0.725. The summed E-state index contributed by atoms with van der Waals surface area (Å²) in [6.07, 6.45) is 4.88. The van der Waals surface area contributed by atoms with Crippen LogP contribution in [0.5, 0.6) is 0 Å². The molecule has 2 aromatic carbocycles. The zero-order valence-electron chi connectivity index (χ0n) is 16.8. The summed E-state index contributed by atoms with van der Waals surface area (Å²) in [6, 6.07) is 15.9. The van der Waals surface area contributed by atoms with E-state index in [-0.39, 0.29) is 11.9 Å². The monoisotopic (exact) mass is 412 g/mol. The van der Waals surface area contributed by atoms with Crippen LogP contribution >= 0.6 is 0 Å². The molecule has 0 saturated heterocycles. The number of amides is 1. The second-order valence-corrected chi connectivity index (χ2v) is 9.35. The summed E-state index contributed by atoms with van der Waals surface area (Å²) in [7, 11) is -3.63. The molecule has 0 aromatic heterocycles. The van der Waals surface area contributed by atoms with Gasteiger partial charge in [0, 0.05) is 17.3 Å². The van der Waals surface area contributed by atoms with Crippen LogP contribution in [0.4, 0.5) is 5.69 Å². The Morgan fingerprint density at radius 2 is 1.69 bits per heavy atom. The van der Waals surface area contributed by atoms with Gasteiger partial charge in [0.1, 0.15) is 0 Å². The van der Waals surface area contributed by atoms with Gasteiger partial charge in [-0.3, -0.25) is 9.52 Å². The van der Waals surface area contributed by atoms with Gasteiger partial charge in [-0.1, -0.05) is 57.0 Å². The van der Waals surface area contributed by atoms with E-state index >= 15 is 0 Å². The fraction of sp³-hybridized carbons (Fsp3) is 0.348. The van der Waals surface area contributed by atoms with Crippen LogP contribution in [-0.2, 0) is 10.0 Å². The molecule has 0 aliphatic heterocycles. The van der Waals surface area contributed by atoms with E-state index in [2.05, 4.69) is 23.9 Å². The van der Waals surface area contributed by atoms with Gasteiger partial charge in [0.15, 0.2) is 0 Å². The number of sulfonamides is 1. The van der Waals surface area contributed by atoms with Gasteiger partial charge >= 0.3 is 0 Å². The van der Waals surface area contributed by atoms with E-state index < -0.39 is 10.0 Å². The molecule has 29 heavy (non-hydrogen) atoms. The molecular formula is C23H28N2O3S. The number of carbonyl (C=O) groups excluding carboxylic acids is 1. The fourth-order valence-electron chi connectivity index (χ4n) is 3.66. The molecule has 0 spiro atoms. The average molecular weight is 413 g/mol. The first-order valence-corrected chi connectivity index (χ1v) is 11.6. The molecule has 1 fully saturated rings. The van der Waals surface area contributed by atoms with Crippen molar-refractivity contribution in [3.8, 4) is 0 Å². The van der Waals surface area contributed by atoms with Crippen molar-refractivity contribution < 1.29 is 13.2 Å². The van der Waals surface area contributed by atoms with E-state index in [1.54, 1.807) is 24.3 Å². The normalized spacial score (nSPS) is 22.3. The van der Waals surface area contributed by atoms with Gasteiger partial charge in [-0.25, -0.2) is 8.42 Å². The minimum Gasteiger partial charge on any atom is -0.349 e. The van der Waals surface area contributed by atoms with E-state index in [0.29, 0.717) is 23.1 Å². The zero-order chi connectivity index (χ0) is 20.9. The lowest BCUT2D eigenvalue weighted by atomic mass is 9.78. The number of nitrogens with one attached hydrogen (secondary N) is 2. The molecule has 2 N–H and O–H groups in total. The number of carbonyl (C=O) groups is 1. The first kappa shape index (κ1) is 21.1. The predicted molar refractivity (Wildman–Crippen MR) is 118 cm³/mol. The summed E-state index contributed by atoms with van der Waals surface area (Å²) >= 11 is 0. The topological polar surface area (TPSA) is 75.3 Å². The van der Waals surface area contributed by atoms with Crippen LogP contribution in [0.2, 0.25) is 0 Å². The number of rotatable bonds is 6. The van der Waals surface area contributed by atoms with E-state index in [9.17, 15) is 13.2 Å². The Morgan fingerprint density at radius 3 is 2.38 bits per heavy atom. The van der Waals surface area contributed by atoms with Crippen LogP contribution in [0.25, 0.3) is 6.08 Å². The van der Waals surface area contributed by atoms with Crippen LogP contribution in [0.15, 0.2) is 60.0 Å². The Bertz CT molecular complexity index is 953. The van der Waals surface area contributed by atoms with Crippen molar-refractivity contribution in [2.24, 2.45) is 11.8 Å². The third-order valence-corrected chi connectivity index (χ3v) is 6.68. The lowest BCUT2D eigenvalue weighted by molar-refractivity contribution is 0.0891. The summed E-state index contributed by atoms with van der Waals surface area (Å²) in [6.45, 7) is 4.42. The molecule has 0 unspecified atom stereocenters. The first-order chi connectivity index (χ1) is 13.8. The smallest absolute Gasteiger partial charge is 0.255 e. The van der Waals surface area contributed by atoms with Crippen molar-refractivity contribution in [2.75, 3.05) is 4.72 Å². The molecule has 3 rings (SSSR count). The Labute approximate surface area is 173 Å². The van der Waals surface area contributed by atoms with Gasteiger partial charge in [-0.15, -0.1) is 0 Å². The first-order valence-electron chi connectivity index (χ1n) is 10.0. The highest BCUT2D eigenvalue weighted by atomic mass is 32.2. The maximum atomic E-state index is 12.6. The molecule has 2 aromatic rings. The van der Waals surface area contributed by atoms with Crippen molar-refractivity contribution in [2.45, 2.75) is 39.2 Å².